The van der Waals surface area contributed by atoms with Crippen molar-refractivity contribution in [3.05, 3.63) is 69.3 Å². The zero-order valence-electron chi connectivity index (χ0n) is 18.8. The zero-order valence-corrected chi connectivity index (χ0v) is 20.9. The molecule has 2 aromatic rings. The summed E-state index contributed by atoms with van der Waals surface area (Å²) in [4.78, 5) is 26.3. The van der Waals surface area contributed by atoms with Crippen molar-refractivity contribution in [2.75, 3.05) is 6.61 Å². The first-order chi connectivity index (χ1) is 16.6. The molecule has 174 valence electrons. The molecule has 2 bridgehead atoms. The van der Waals surface area contributed by atoms with Gasteiger partial charge in [-0.1, -0.05) is 42.5 Å². The maximum absolute atomic E-state index is 13.1. The van der Waals surface area contributed by atoms with Crippen LogP contribution in [0.2, 0.25) is 0 Å². The Labute approximate surface area is 212 Å². The van der Waals surface area contributed by atoms with Crippen molar-refractivity contribution in [1.82, 2.24) is 5.01 Å². The molecule has 2 amide bonds. The van der Waals surface area contributed by atoms with Gasteiger partial charge in [-0.05, 0) is 82.9 Å². The summed E-state index contributed by atoms with van der Waals surface area (Å²) in [5.41, 5.74) is 1.82. The molecule has 1 saturated heterocycles. The zero-order chi connectivity index (χ0) is 23.4. The molecule has 7 rings (SSSR count). The standard InChI is InChI=1S/C27H25IN2O4/c1-2-33-22-11-16(10-21(28)25(22)34-14-15-6-4-3-5-7-15)13-29-30-26(31)23-17-8-9-18(20-12-19(17)20)24(23)27(30)32/h3-11,13,17-20,23-24H,2,12,14H2,1H3/b29-13-/t17-,18-,19-,20-,23-,24+/m0/s1. The largest absolute Gasteiger partial charge is 0.490 e. The summed E-state index contributed by atoms with van der Waals surface area (Å²) < 4.78 is 12.8. The highest BCUT2D eigenvalue weighted by Gasteiger charge is 2.67. The van der Waals surface area contributed by atoms with Crippen LogP contribution in [0.4, 0.5) is 0 Å². The number of benzene rings is 2. The van der Waals surface area contributed by atoms with E-state index in [9.17, 15) is 9.59 Å². The molecule has 0 spiro atoms. The molecule has 1 heterocycles. The van der Waals surface area contributed by atoms with Gasteiger partial charge in [0.1, 0.15) is 6.61 Å². The number of imide groups is 1. The second-order valence-electron chi connectivity index (χ2n) is 9.42. The van der Waals surface area contributed by atoms with Gasteiger partial charge < -0.3 is 9.47 Å². The first kappa shape index (κ1) is 21.8. The summed E-state index contributed by atoms with van der Waals surface area (Å²) in [5.74, 6) is 2.05. The third-order valence-electron chi connectivity index (χ3n) is 7.52. The molecule has 5 aliphatic rings. The van der Waals surface area contributed by atoms with E-state index in [2.05, 4.69) is 39.8 Å². The van der Waals surface area contributed by atoms with Crippen LogP contribution in [-0.4, -0.2) is 29.6 Å². The average molecular weight is 568 g/mol. The molecule has 34 heavy (non-hydrogen) atoms. The lowest BCUT2D eigenvalue weighted by molar-refractivity contribution is -0.140. The fraction of sp³-hybridized carbons (Fsp3) is 0.370. The van der Waals surface area contributed by atoms with Gasteiger partial charge in [0.2, 0.25) is 0 Å². The Hall–Kier alpha value is -2.68. The molecule has 0 N–H and O–H groups in total. The van der Waals surface area contributed by atoms with Crippen molar-refractivity contribution in [3.63, 3.8) is 0 Å². The molecule has 4 aliphatic carbocycles. The van der Waals surface area contributed by atoms with Crippen LogP contribution in [0.15, 0.2) is 59.7 Å². The van der Waals surface area contributed by atoms with Crippen molar-refractivity contribution in [2.24, 2.45) is 40.6 Å². The van der Waals surface area contributed by atoms with E-state index in [1.165, 1.54) is 0 Å². The number of hydrazone groups is 1. The topological polar surface area (TPSA) is 68.2 Å². The molecule has 0 unspecified atom stereocenters. The Bertz CT molecular complexity index is 1170. The maximum atomic E-state index is 13.1. The van der Waals surface area contributed by atoms with Crippen molar-refractivity contribution in [1.29, 1.82) is 0 Å². The summed E-state index contributed by atoms with van der Waals surface area (Å²) in [6.45, 7) is 2.84. The van der Waals surface area contributed by atoms with Crippen molar-refractivity contribution < 1.29 is 19.1 Å². The van der Waals surface area contributed by atoms with Gasteiger partial charge >= 0.3 is 0 Å². The highest BCUT2D eigenvalue weighted by molar-refractivity contribution is 14.1. The molecule has 0 radical (unpaired) electrons. The predicted molar refractivity (Wildman–Crippen MR) is 135 cm³/mol. The molecule has 2 aromatic carbocycles. The van der Waals surface area contributed by atoms with Gasteiger partial charge in [-0.25, -0.2) is 0 Å². The number of ether oxygens (including phenoxy) is 2. The summed E-state index contributed by atoms with van der Waals surface area (Å²) in [6, 6.07) is 13.7. The van der Waals surface area contributed by atoms with Crippen LogP contribution in [0, 0.1) is 39.1 Å². The SMILES string of the molecule is CCOc1cc(/C=N\N2C(=O)[C@@H]3[C@H]4C=C[C@@H]([C@@H]5C[C@@H]45)[C@@H]3C2=O)cc(I)c1OCc1ccccc1. The lowest BCUT2D eigenvalue weighted by Gasteiger charge is -2.37. The number of nitrogens with zero attached hydrogens (tertiary/aromatic N) is 2. The molecule has 7 heteroatoms. The minimum absolute atomic E-state index is 0.154. The van der Waals surface area contributed by atoms with E-state index < -0.39 is 0 Å². The van der Waals surface area contributed by atoms with Gasteiger partial charge in [0, 0.05) is 0 Å². The molecule has 2 saturated carbocycles. The van der Waals surface area contributed by atoms with Crippen LogP contribution in [0.3, 0.4) is 0 Å². The number of allylic oxidation sites excluding steroid dienone is 2. The molecule has 3 fully saturated rings. The van der Waals surface area contributed by atoms with Crippen molar-refractivity contribution >= 4 is 40.6 Å². The number of amides is 2. The van der Waals surface area contributed by atoms with Gasteiger partial charge in [0.25, 0.3) is 11.8 Å². The van der Waals surface area contributed by atoms with Gasteiger partial charge in [-0.3, -0.25) is 9.59 Å². The van der Waals surface area contributed by atoms with E-state index in [0.717, 1.165) is 26.1 Å². The number of carbonyl (C=O) groups excluding carboxylic acids is 2. The van der Waals surface area contributed by atoms with Crippen LogP contribution in [0.25, 0.3) is 0 Å². The maximum Gasteiger partial charge on any atom is 0.254 e. The first-order valence-corrected chi connectivity index (χ1v) is 12.9. The summed E-state index contributed by atoms with van der Waals surface area (Å²) in [5, 5.41) is 5.47. The average Bonchev–Trinajstić information content (AvgIpc) is 3.62. The minimum Gasteiger partial charge on any atom is -0.490 e. The minimum atomic E-state index is -0.240. The Kier molecular flexibility index (Phi) is 5.47. The smallest absolute Gasteiger partial charge is 0.254 e. The summed E-state index contributed by atoms with van der Waals surface area (Å²) in [6.07, 6.45) is 7.07. The first-order valence-electron chi connectivity index (χ1n) is 11.8. The van der Waals surface area contributed by atoms with E-state index in [1.807, 2.05) is 49.4 Å². The predicted octanol–water partition coefficient (Wildman–Crippen LogP) is 4.66. The van der Waals surface area contributed by atoms with Crippen molar-refractivity contribution in [3.8, 4) is 11.5 Å². The highest BCUT2D eigenvalue weighted by Crippen LogP contribution is 2.65. The summed E-state index contributed by atoms with van der Waals surface area (Å²) in [7, 11) is 0. The van der Waals surface area contributed by atoms with Gasteiger partial charge in [-0.15, -0.1) is 0 Å². The Morgan fingerprint density at radius 2 is 1.71 bits per heavy atom. The number of rotatable bonds is 7. The molecule has 6 atom stereocenters. The van der Waals surface area contributed by atoms with Crippen LogP contribution >= 0.6 is 22.6 Å². The van der Waals surface area contributed by atoms with Gasteiger partial charge in [0.05, 0.1) is 28.2 Å². The highest BCUT2D eigenvalue weighted by atomic mass is 127. The lowest BCUT2D eigenvalue weighted by atomic mass is 9.63. The fourth-order valence-electron chi connectivity index (χ4n) is 5.97. The Balaban J connectivity index is 1.22. The van der Waals surface area contributed by atoms with E-state index in [4.69, 9.17) is 9.47 Å². The van der Waals surface area contributed by atoms with Crippen LogP contribution < -0.4 is 9.47 Å². The Morgan fingerprint density at radius 3 is 2.35 bits per heavy atom. The number of hydrogen-bond donors (Lipinski definition) is 0. The third-order valence-corrected chi connectivity index (χ3v) is 8.32. The van der Waals surface area contributed by atoms with E-state index in [1.54, 1.807) is 6.21 Å². The third kappa shape index (κ3) is 3.56. The van der Waals surface area contributed by atoms with Crippen LogP contribution in [0.1, 0.15) is 24.5 Å². The molecular formula is C27H25IN2O4. The van der Waals surface area contributed by atoms with Crippen LogP contribution in [0.5, 0.6) is 11.5 Å². The monoisotopic (exact) mass is 568 g/mol. The summed E-state index contributed by atoms with van der Waals surface area (Å²) >= 11 is 2.22. The normalized spacial score (nSPS) is 30.6. The van der Waals surface area contributed by atoms with Gasteiger partial charge in [0.15, 0.2) is 11.5 Å². The van der Waals surface area contributed by atoms with E-state index in [-0.39, 0.29) is 35.5 Å². The molecule has 1 aliphatic heterocycles. The second kappa shape index (κ2) is 8.52. The molecule has 0 aromatic heterocycles. The van der Waals surface area contributed by atoms with Crippen LogP contribution in [-0.2, 0) is 16.2 Å². The van der Waals surface area contributed by atoms with E-state index >= 15 is 0 Å². The van der Waals surface area contributed by atoms with E-state index in [0.29, 0.717) is 36.5 Å². The van der Waals surface area contributed by atoms with Crippen molar-refractivity contribution in [2.45, 2.75) is 20.0 Å². The second-order valence-corrected chi connectivity index (χ2v) is 10.6. The Morgan fingerprint density at radius 1 is 1.03 bits per heavy atom. The lowest BCUT2D eigenvalue weighted by Crippen LogP contribution is -2.40. The molecular weight excluding hydrogens is 543 g/mol. The molecule has 6 nitrogen and oxygen atoms in total. The number of halogens is 1. The number of hydrogen-bond acceptors (Lipinski definition) is 5. The quantitative estimate of drug-likeness (QED) is 0.211. The fourth-order valence-corrected chi connectivity index (χ4v) is 6.76. The number of carbonyl (C=O) groups is 2. The van der Waals surface area contributed by atoms with Gasteiger partial charge in [-0.2, -0.15) is 10.1 Å².